The molecule has 1 aromatic carbocycles. The number of benzene rings is 1. The van der Waals surface area contributed by atoms with Crippen LogP contribution in [0.4, 0.5) is 10.1 Å². The smallest absolute Gasteiger partial charge is 0.263 e. The third kappa shape index (κ3) is 4.56. The van der Waals surface area contributed by atoms with Crippen LogP contribution in [0.15, 0.2) is 46.5 Å². The van der Waals surface area contributed by atoms with Crippen molar-refractivity contribution in [3.05, 3.63) is 58.3 Å². The van der Waals surface area contributed by atoms with Gasteiger partial charge in [-0.25, -0.2) is 14.4 Å². The molecule has 0 radical (unpaired) electrons. The summed E-state index contributed by atoms with van der Waals surface area (Å²) in [5.74, 6) is -0.409. The Labute approximate surface area is 166 Å². The van der Waals surface area contributed by atoms with Crippen LogP contribution in [0.2, 0.25) is 0 Å². The van der Waals surface area contributed by atoms with Crippen molar-refractivity contribution in [1.82, 2.24) is 14.5 Å². The van der Waals surface area contributed by atoms with E-state index in [0.717, 1.165) is 11.8 Å². The fraction of sp³-hybridized carbons (Fsp3) is 0.300. The molecule has 0 saturated heterocycles. The number of halogens is 1. The quantitative estimate of drug-likeness (QED) is 0.505. The number of rotatable bonds is 6. The summed E-state index contributed by atoms with van der Waals surface area (Å²) in [5.41, 5.74) is 1.09. The molecule has 2 heterocycles. The van der Waals surface area contributed by atoms with Gasteiger partial charge < -0.3 is 5.32 Å². The SMILES string of the molecule is Cc1ccc(NC(=O)CSc2nc3ncccc3c(=O)n2CC(C)C)cc1F. The van der Waals surface area contributed by atoms with Crippen LogP contribution in [-0.2, 0) is 11.3 Å². The fourth-order valence-corrected chi connectivity index (χ4v) is 3.47. The lowest BCUT2D eigenvalue weighted by Gasteiger charge is -2.14. The van der Waals surface area contributed by atoms with Crippen LogP contribution in [0.1, 0.15) is 19.4 Å². The molecule has 0 atom stereocenters. The van der Waals surface area contributed by atoms with Crippen molar-refractivity contribution < 1.29 is 9.18 Å². The molecule has 0 aliphatic heterocycles. The van der Waals surface area contributed by atoms with E-state index >= 15 is 0 Å². The van der Waals surface area contributed by atoms with Gasteiger partial charge in [0.15, 0.2) is 10.8 Å². The van der Waals surface area contributed by atoms with E-state index < -0.39 is 0 Å². The number of amides is 1. The number of aryl methyl sites for hydroxylation is 1. The van der Waals surface area contributed by atoms with Gasteiger partial charge >= 0.3 is 0 Å². The summed E-state index contributed by atoms with van der Waals surface area (Å²) in [6, 6.07) is 7.93. The third-order valence-electron chi connectivity index (χ3n) is 4.03. The molecule has 2 aromatic heterocycles. The fourth-order valence-electron chi connectivity index (χ4n) is 2.67. The number of pyridine rings is 1. The lowest BCUT2D eigenvalue weighted by molar-refractivity contribution is -0.113. The van der Waals surface area contributed by atoms with Gasteiger partial charge in [-0.1, -0.05) is 31.7 Å². The van der Waals surface area contributed by atoms with Crippen LogP contribution in [0.5, 0.6) is 0 Å². The first-order valence-corrected chi connectivity index (χ1v) is 9.88. The van der Waals surface area contributed by atoms with E-state index in [4.69, 9.17) is 0 Å². The van der Waals surface area contributed by atoms with Crippen molar-refractivity contribution >= 4 is 34.4 Å². The largest absolute Gasteiger partial charge is 0.325 e. The number of thioether (sulfide) groups is 1. The van der Waals surface area contributed by atoms with Gasteiger partial charge in [0.2, 0.25) is 5.91 Å². The Balaban J connectivity index is 1.81. The molecule has 8 heteroatoms. The zero-order valence-corrected chi connectivity index (χ0v) is 16.7. The number of carbonyl (C=O) groups is 1. The van der Waals surface area contributed by atoms with E-state index in [1.54, 1.807) is 42.0 Å². The van der Waals surface area contributed by atoms with Gasteiger partial charge in [0.1, 0.15) is 5.82 Å². The van der Waals surface area contributed by atoms with Crippen molar-refractivity contribution in [2.75, 3.05) is 11.1 Å². The molecular weight excluding hydrogens is 379 g/mol. The highest BCUT2D eigenvalue weighted by atomic mass is 32.2. The molecule has 3 aromatic rings. The molecule has 0 unspecified atom stereocenters. The average Bonchev–Trinajstić information content (AvgIpc) is 2.65. The minimum absolute atomic E-state index is 0.0401. The van der Waals surface area contributed by atoms with Crippen molar-refractivity contribution in [2.45, 2.75) is 32.5 Å². The summed E-state index contributed by atoms with van der Waals surface area (Å²) >= 11 is 1.16. The minimum Gasteiger partial charge on any atom is -0.325 e. The Bertz CT molecular complexity index is 1080. The normalized spacial score (nSPS) is 11.2. The number of hydrogen-bond donors (Lipinski definition) is 1. The van der Waals surface area contributed by atoms with Crippen LogP contribution in [0.25, 0.3) is 11.0 Å². The summed E-state index contributed by atoms with van der Waals surface area (Å²) in [5, 5.41) is 3.55. The van der Waals surface area contributed by atoms with Gasteiger partial charge in [-0.15, -0.1) is 0 Å². The zero-order valence-electron chi connectivity index (χ0n) is 15.9. The van der Waals surface area contributed by atoms with Crippen LogP contribution < -0.4 is 10.9 Å². The van der Waals surface area contributed by atoms with Crippen LogP contribution in [-0.4, -0.2) is 26.2 Å². The maximum atomic E-state index is 13.6. The standard InChI is InChI=1S/C20H21FN4O2S/c1-12(2)10-25-19(27)15-5-4-8-22-18(15)24-20(25)28-11-17(26)23-14-7-6-13(3)16(21)9-14/h4-9,12H,10-11H2,1-3H3,(H,23,26). The first-order chi connectivity index (χ1) is 13.3. The summed E-state index contributed by atoms with van der Waals surface area (Å²) < 4.78 is 15.2. The average molecular weight is 400 g/mol. The molecule has 0 aliphatic carbocycles. The Kier molecular flexibility index (Phi) is 6.08. The highest BCUT2D eigenvalue weighted by Crippen LogP contribution is 2.19. The zero-order chi connectivity index (χ0) is 20.3. The van der Waals surface area contributed by atoms with Gasteiger partial charge in [-0.2, -0.15) is 0 Å². The second kappa shape index (κ2) is 8.52. The molecule has 1 amide bonds. The van der Waals surface area contributed by atoms with E-state index in [2.05, 4.69) is 15.3 Å². The summed E-state index contributed by atoms with van der Waals surface area (Å²) in [6.45, 7) is 6.16. The minimum atomic E-state index is -0.376. The topological polar surface area (TPSA) is 76.9 Å². The number of hydrogen-bond acceptors (Lipinski definition) is 5. The highest BCUT2D eigenvalue weighted by molar-refractivity contribution is 7.99. The number of nitrogens with one attached hydrogen (secondary N) is 1. The third-order valence-corrected chi connectivity index (χ3v) is 5.01. The first kappa shape index (κ1) is 20.0. The Hall–Kier alpha value is -2.74. The van der Waals surface area contributed by atoms with E-state index in [0.29, 0.717) is 34.0 Å². The van der Waals surface area contributed by atoms with Crippen molar-refractivity contribution in [2.24, 2.45) is 5.92 Å². The maximum Gasteiger partial charge on any atom is 0.263 e. The lowest BCUT2D eigenvalue weighted by atomic mass is 10.2. The van der Waals surface area contributed by atoms with Crippen LogP contribution in [0.3, 0.4) is 0 Å². The van der Waals surface area contributed by atoms with Gasteiger partial charge in [0.25, 0.3) is 5.56 Å². The van der Waals surface area contributed by atoms with Gasteiger partial charge in [-0.3, -0.25) is 14.2 Å². The second-order valence-electron chi connectivity index (χ2n) is 6.88. The number of nitrogens with zero attached hydrogens (tertiary/aromatic N) is 3. The molecule has 0 bridgehead atoms. The molecule has 0 aliphatic rings. The van der Waals surface area contributed by atoms with Crippen molar-refractivity contribution in [3.8, 4) is 0 Å². The van der Waals surface area contributed by atoms with Crippen molar-refractivity contribution in [3.63, 3.8) is 0 Å². The predicted molar refractivity (Wildman–Crippen MR) is 109 cm³/mol. The lowest BCUT2D eigenvalue weighted by Crippen LogP contribution is -2.26. The van der Waals surface area contributed by atoms with E-state index in [9.17, 15) is 14.0 Å². The summed E-state index contributed by atoms with van der Waals surface area (Å²) in [6.07, 6.45) is 1.58. The van der Waals surface area contributed by atoms with E-state index in [1.165, 1.54) is 6.07 Å². The molecule has 1 N–H and O–H groups in total. The van der Waals surface area contributed by atoms with Crippen LogP contribution in [0, 0.1) is 18.7 Å². The Morgan fingerprint density at radius 3 is 2.82 bits per heavy atom. The number of carbonyl (C=O) groups excluding carboxylic acids is 1. The number of anilines is 1. The van der Waals surface area contributed by atoms with Crippen LogP contribution >= 0.6 is 11.8 Å². The summed E-state index contributed by atoms with van der Waals surface area (Å²) in [4.78, 5) is 33.7. The number of fused-ring (bicyclic) bond motifs is 1. The first-order valence-electron chi connectivity index (χ1n) is 8.89. The van der Waals surface area contributed by atoms with Gasteiger partial charge in [0.05, 0.1) is 11.1 Å². The van der Waals surface area contributed by atoms with E-state index in [1.807, 2.05) is 13.8 Å². The Morgan fingerprint density at radius 1 is 1.32 bits per heavy atom. The van der Waals surface area contributed by atoms with E-state index in [-0.39, 0.29) is 29.0 Å². The molecule has 0 saturated carbocycles. The summed E-state index contributed by atoms with van der Waals surface area (Å²) in [7, 11) is 0. The molecule has 146 valence electrons. The predicted octanol–water partition coefficient (Wildman–Crippen LogP) is 3.63. The molecule has 6 nitrogen and oxygen atoms in total. The monoisotopic (exact) mass is 400 g/mol. The maximum absolute atomic E-state index is 13.6. The molecule has 3 rings (SSSR count). The number of aromatic nitrogens is 3. The molecule has 28 heavy (non-hydrogen) atoms. The highest BCUT2D eigenvalue weighted by Gasteiger charge is 2.15. The Morgan fingerprint density at radius 2 is 2.11 bits per heavy atom. The van der Waals surface area contributed by atoms with Gasteiger partial charge in [0, 0.05) is 18.4 Å². The molecule has 0 spiro atoms. The molecule has 0 fully saturated rings. The molecular formula is C20H21FN4O2S. The second-order valence-corrected chi connectivity index (χ2v) is 7.82. The van der Waals surface area contributed by atoms with Gasteiger partial charge in [-0.05, 0) is 42.7 Å². The van der Waals surface area contributed by atoms with Crippen molar-refractivity contribution in [1.29, 1.82) is 0 Å².